The van der Waals surface area contributed by atoms with Crippen molar-refractivity contribution in [1.29, 1.82) is 0 Å². The second kappa shape index (κ2) is 10.8. The molecule has 0 fully saturated rings. The molecule has 0 unspecified atom stereocenters. The highest BCUT2D eigenvalue weighted by Gasteiger charge is 2.36. The van der Waals surface area contributed by atoms with E-state index in [0.29, 0.717) is 5.75 Å². The molecule has 0 bridgehead atoms. The highest BCUT2D eigenvalue weighted by molar-refractivity contribution is 6.08. The minimum absolute atomic E-state index is 0.00517. The Bertz CT molecular complexity index is 1320. The number of amides is 1. The fourth-order valence-electron chi connectivity index (χ4n) is 3.85. The number of alkyl halides is 3. The number of rotatable bonds is 8. The average molecular weight is 512 g/mol. The molecule has 2 N–H and O–H groups in total. The maximum Gasteiger partial charge on any atom is 0.416 e. The number of halogens is 3. The van der Waals surface area contributed by atoms with E-state index in [1.807, 2.05) is 42.5 Å². The smallest absolute Gasteiger partial charge is 0.416 e. The highest BCUT2D eigenvalue weighted by Crippen LogP contribution is 2.38. The molecule has 3 aromatic rings. The predicted octanol–water partition coefficient (Wildman–Crippen LogP) is 4.84. The Labute approximate surface area is 210 Å². The summed E-state index contributed by atoms with van der Waals surface area (Å²) >= 11 is 0. The third-order valence-corrected chi connectivity index (χ3v) is 5.71. The van der Waals surface area contributed by atoms with Gasteiger partial charge < -0.3 is 24.8 Å². The minimum Gasteiger partial charge on any atom is -0.466 e. The van der Waals surface area contributed by atoms with Crippen LogP contribution in [0.5, 0.6) is 11.5 Å². The van der Waals surface area contributed by atoms with Gasteiger partial charge in [0.05, 0.1) is 37.1 Å². The molecule has 1 heterocycles. The molecule has 37 heavy (non-hydrogen) atoms. The Hall–Kier alpha value is -4.31. The number of nitrogens with zero attached hydrogens (tertiary/aromatic N) is 1. The summed E-state index contributed by atoms with van der Waals surface area (Å²) in [4.78, 5) is 26.4. The first-order valence-electron chi connectivity index (χ1n) is 11.2. The summed E-state index contributed by atoms with van der Waals surface area (Å²) in [5, 5.41) is 11.9. The van der Waals surface area contributed by atoms with E-state index in [-0.39, 0.29) is 42.4 Å². The normalized spacial score (nSPS) is 13.6. The van der Waals surface area contributed by atoms with Gasteiger partial charge in [-0.2, -0.15) is 13.2 Å². The van der Waals surface area contributed by atoms with E-state index in [2.05, 4.69) is 5.32 Å². The summed E-state index contributed by atoms with van der Waals surface area (Å²) < 4.78 is 51.1. The van der Waals surface area contributed by atoms with E-state index in [1.165, 1.54) is 4.90 Å². The zero-order valence-electron chi connectivity index (χ0n) is 19.7. The fourth-order valence-corrected chi connectivity index (χ4v) is 3.85. The van der Waals surface area contributed by atoms with Gasteiger partial charge in [-0.1, -0.05) is 42.5 Å². The Morgan fingerprint density at radius 3 is 2.32 bits per heavy atom. The Morgan fingerprint density at radius 2 is 1.70 bits per heavy atom. The summed E-state index contributed by atoms with van der Waals surface area (Å²) in [6, 6.07) is 19.4. The van der Waals surface area contributed by atoms with Crippen LogP contribution < -0.4 is 10.1 Å². The topological polar surface area (TPSA) is 88.1 Å². The van der Waals surface area contributed by atoms with Crippen LogP contribution in [0.2, 0.25) is 0 Å². The first-order valence-corrected chi connectivity index (χ1v) is 11.2. The number of hydrogen-bond acceptors (Lipinski definition) is 6. The lowest BCUT2D eigenvalue weighted by Gasteiger charge is -2.18. The van der Waals surface area contributed by atoms with Crippen molar-refractivity contribution in [2.75, 3.05) is 32.1 Å². The quantitative estimate of drug-likeness (QED) is 0.420. The number of β-amino-alcohol motifs (C(OH)–C–C–N with tert-alkyl or cyclic N) is 1. The van der Waals surface area contributed by atoms with E-state index >= 15 is 0 Å². The van der Waals surface area contributed by atoms with Crippen molar-refractivity contribution in [3.05, 3.63) is 89.6 Å². The van der Waals surface area contributed by atoms with Crippen LogP contribution in [0, 0.1) is 0 Å². The van der Waals surface area contributed by atoms with Crippen LogP contribution in [0.25, 0.3) is 11.1 Å². The van der Waals surface area contributed by atoms with E-state index in [4.69, 9.17) is 9.47 Å². The zero-order chi connectivity index (χ0) is 26.6. The third kappa shape index (κ3) is 5.75. The average Bonchev–Trinajstić information content (AvgIpc) is 3.20. The van der Waals surface area contributed by atoms with Gasteiger partial charge >= 0.3 is 12.1 Å². The molecule has 1 aliphatic rings. The Balaban J connectivity index is 1.69. The maximum atomic E-state index is 13.5. The van der Waals surface area contributed by atoms with Crippen molar-refractivity contribution >= 4 is 17.6 Å². The lowest BCUT2D eigenvalue weighted by Crippen LogP contribution is -2.31. The van der Waals surface area contributed by atoms with Crippen LogP contribution in [0.4, 0.5) is 18.9 Å². The van der Waals surface area contributed by atoms with Gasteiger partial charge in [-0.25, -0.2) is 4.79 Å². The van der Waals surface area contributed by atoms with Crippen molar-refractivity contribution in [1.82, 2.24) is 4.90 Å². The van der Waals surface area contributed by atoms with Gasteiger partial charge in [0.1, 0.15) is 11.4 Å². The Kier molecular flexibility index (Phi) is 7.49. The van der Waals surface area contributed by atoms with Crippen LogP contribution in [0.1, 0.15) is 5.56 Å². The van der Waals surface area contributed by atoms with Crippen LogP contribution in [-0.4, -0.2) is 48.7 Å². The molecule has 1 aliphatic heterocycles. The first-order chi connectivity index (χ1) is 17.7. The number of hydrogen-bond donors (Lipinski definition) is 2. The van der Waals surface area contributed by atoms with Crippen LogP contribution in [0.15, 0.2) is 84.1 Å². The number of ether oxygens (including phenoxy) is 2. The molecule has 7 nitrogen and oxygen atoms in total. The van der Waals surface area contributed by atoms with Gasteiger partial charge in [-0.3, -0.25) is 4.79 Å². The van der Waals surface area contributed by atoms with Gasteiger partial charge in [-0.05, 0) is 41.5 Å². The molecule has 0 spiro atoms. The molecule has 0 aromatic heterocycles. The fraction of sp³-hybridized carbons (Fsp3) is 0.185. The minimum atomic E-state index is -4.66. The summed E-state index contributed by atoms with van der Waals surface area (Å²) in [7, 11) is 1.13. The number of aliphatic hydroxyl groups excluding tert-OH is 1. The van der Waals surface area contributed by atoms with E-state index in [9.17, 15) is 27.9 Å². The summed E-state index contributed by atoms with van der Waals surface area (Å²) in [5.41, 5.74) is 0.449. The van der Waals surface area contributed by atoms with Gasteiger partial charge in [0.2, 0.25) is 0 Å². The number of esters is 1. The number of carbonyl (C=O) groups is 2. The molecule has 0 atom stereocenters. The molecule has 0 radical (unpaired) electrons. The summed E-state index contributed by atoms with van der Waals surface area (Å²) in [5.74, 6) is -1.12. The molecule has 10 heteroatoms. The SMILES string of the molecule is COC(=O)C1=C(Nc2cc(C(F)(F)F)ccc2Oc2ccc(-c3ccccc3)cc2)C(=O)N(CCO)C1. The van der Waals surface area contributed by atoms with E-state index in [1.54, 1.807) is 12.1 Å². The van der Waals surface area contributed by atoms with Gasteiger partial charge in [0.25, 0.3) is 5.91 Å². The molecule has 1 amide bonds. The number of benzene rings is 3. The largest absolute Gasteiger partial charge is 0.466 e. The van der Waals surface area contributed by atoms with Crippen LogP contribution >= 0.6 is 0 Å². The molecule has 0 saturated carbocycles. The number of anilines is 1. The second-order valence-corrected chi connectivity index (χ2v) is 8.12. The standard InChI is InChI=1S/C27H23F3N2O5/c1-36-26(35)21-16-32(13-14-33)25(34)24(21)31-22-15-19(27(28,29)30)9-12-23(22)37-20-10-7-18(8-11-20)17-5-3-2-4-6-17/h2-12,15,31,33H,13-14,16H2,1H3. The molecule has 0 saturated heterocycles. The van der Waals surface area contributed by atoms with Crippen molar-refractivity contribution in [2.45, 2.75) is 6.18 Å². The maximum absolute atomic E-state index is 13.5. The van der Waals surface area contributed by atoms with E-state index in [0.717, 1.165) is 36.4 Å². The second-order valence-electron chi connectivity index (χ2n) is 8.12. The van der Waals surface area contributed by atoms with Crippen LogP contribution in [0.3, 0.4) is 0 Å². The van der Waals surface area contributed by atoms with Crippen molar-refractivity contribution in [2.24, 2.45) is 0 Å². The molecular weight excluding hydrogens is 489 g/mol. The number of aliphatic hydroxyl groups is 1. The number of nitrogens with one attached hydrogen (secondary N) is 1. The van der Waals surface area contributed by atoms with Crippen LogP contribution in [-0.2, 0) is 20.5 Å². The lowest BCUT2D eigenvalue weighted by molar-refractivity contribution is -0.138. The van der Waals surface area contributed by atoms with Gasteiger partial charge in [0.15, 0.2) is 5.75 Å². The van der Waals surface area contributed by atoms with Crippen molar-refractivity contribution in [3.8, 4) is 22.6 Å². The van der Waals surface area contributed by atoms with E-state index < -0.39 is 23.6 Å². The third-order valence-electron chi connectivity index (χ3n) is 5.71. The zero-order valence-corrected chi connectivity index (χ0v) is 19.7. The van der Waals surface area contributed by atoms with Gasteiger partial charge in [-0.15, -0.1) is 0 Å². The lowest BCUT2D eigenvalue weighted by atomic mass is 10.1. The Morgan fingerprint density at radius 1 is 1.03 bits per heavy atom. The predicted molar refractivity (Wildman–Crippen MR) is 130 cm³/mol. The number of methoxy groups -OCH3 is 1. The molecule has 3 aromatic carbocycles. The number of carbonyl (C=O) groups excluding carboxylic acids is 2. The van der Waals surface area contributed by atoms with Gasteiger partial charge in [0, 0.05) is 6.54 Å². The van der Waals surface area contributed by atoms with Crippen molar-refractivity contribution < 1.29 is 37.3 Å². The molecule has 4 rings (SSSR count). The first kappa shape index (κ1) is 25.8. The summed E-state index contributed by atoms with van der Waals surface area (Å²) in [6.45, 7) is -0.584. The molecule has 0 aliphatic carbocycles. The highest BCUT2D eigenvalue weighted by atomic mass is 19.4. The molecule has 192 valence electrons. The summed E-state index contributed by atoms with van der Waals surface area (Å²) in [6.07, 6.45) is -4.66. The van der Waals surface area contributed by atoms with Crippen molar-refractivity contribution in [3.63, 3.8) is 0 Å². The monoisotopic (exact) mass is 512 g/mol. The molecular formula is C27H23F3N2O5.